The molecule has 2 aliphatic rings. The minimum Gasteiger partial charge on any atom is -0.491 e. The molecule has 3 aromatic rings. The summed E-state index contributed by atoms with van der Waals surface area (Å²) in [5.41, 5.74) is 0.337. The smallest absolute Gasteiger partial charge is 0.243 e. The molecule has 0 saturated carbocycles. The Morgan fingerprint density at radius 2 is 1.86 bits per heavy atom. The van der Waals surface area contributed by atoms with Crippen LogP contribution in [-0.2, 0) is 24.6 Å². The second-order valence-corrected chi connectivity index (χ2v) is 16.4. The predicted octanol–water partition coefficient (Wildman–Crippen LogP) is 2.12. The number of hydrogen-bond acceptors (Lipinski definition) is 10. The number of fused-ring (bicyclic) bond motifs is 1. The minimum absolute atomic E-state index is 0.0000195. The van der Waals surface area contributed by atoms with Crippen LogP contribution in [-0.4, -0.2) is 98.3 Å². The normalized spacial score (nSPS) is 20.4. The topological polar surface area (TPSA) is 155 Å². The van der Waals surface area contributed by atoms with E-state index >= 15 is 0 Å². The van der Waals surface area contributed by atoms with E-state index < -0.39 is 42.9 Å². The number of aliphatic hydroxyl groups is 2. The van der Waals surface area contributed by atoms with Crippen LogP contribution in [0.2, 0.25) is 0 Å². The average molecular weight is 634 g/mol. The summed E-state index contributed by atoms with van der Waals surface area (Å²) in [6.07, 6.45) is 2.69. The van der Waals surface area contributed by atoms with Gasteiger partial charge in [-0.05, 0) is 75.6 Å². The molecule has 11 nitrogen and oxygen atoms in total. The van der Waals surface area contributed by atoms with Gasteiger partial charge in [0.25, 0.3) is 0 Å². The van der Waals surface area contributed by atoms with Crippen molar-refractivity contribution in [2.24, 2.45) is 0 Å². The maximum atomic E-state index is 13.3. The number of ether oxygens (including phenoxy) is 2. The van der Waals surface area contributed by atoms with Gasteiger partial charge in [0.05, 0.1) is 38.9 Å². The molecular weight excluding hydrogens is 594 g/mol. The second-order valence-electron chi connectivity index (χ2n) is 11.9. The van der Waals surface area contributed by atoms with Crippen molar-refractivity contribution in [2.75, 3.05) is 39.5 Å². The largest absolute Gasteiger partial charge is 0.491 e. The summed E-state index contributed by atoms with van der Waals surface area (Å²) in [7, 11) is -7.42. The predicted molar refractivity (Wildman–Crippen MR) is 161 cm³/mol. The first-order chi connectivity index (χ1) is 20.4. The van der Waals surface area contributed by atoms with Gasteiger partial charge >= 0.3 is 0 Å². The zero-order valence-corrected chi connectivity index (χ0v) is 26.0. The Kier molecular flexibility index (Phi) is 9.15. The molecule has 0 radical (unpaired) electrons. The monoisotopic (exact) mass is 633 g/mol. The van der Waals surface area contributed by atoms with Crippen LogP contribution in [0.25, 0.3) is 10.9 Å². The Morgan fingerprint density at radius 3 is 2.60 bits per heavy atom. The number of piperidine rings is 1. The highest BCUT2D eigenvalue weighted by molar-refractivity contribution is 7.92. The van der Waals surface area contributed by atoms with Crippen LogP contribution >= 0.6 is 0 Å². The fourth-order valence-electron chi connectivity index (χ4n) is 5.51. The van der Waals surface area contributed by atoms with Gasteiger partial charge in [-0.25, -0.2) is 16.8 Å². The molecule has 2 atom stereocenters. The average Bonchev–Trinajstić information content (AvgIpc) is 3.40. The van der Waals surface area contributed by atoms with Gasteiger partial charge in [0.2, 0.25) is 10.0 Å². The lowest BCUT2D eigenvalue weighted by molar-refractivity contribution is -0.0312. The molecule has 2 saturated heterocycles. The molecule has 13 heteroatoms. The highest BCUT2D eigenvalue weighted by atomic mass is 32.2. The first kappa shape index (κ1) is 31.8. The van der Waals surface area contributed by atoms with E-state index in [1.165, 1.54) is 30.3 Å². The standard InChI is InChI=1S/C30H39N3O8S2/c1-29(2,21-34)42(36,37)26-7-3-6-25(16-26)40-20-24(35)18-32-23-17-30(41-19-23)10-13-33(14-11-30)43(38,39)27-8-9-28-22(15-27)5-4-12-31-28/h3-9,12,15-16,23-24,32,34-35H,10-11,13-14,17-21H2,1-2H3. The van der Waals surface area contributed by atoms with Gasteiger partial charge in [-0.3, -0.25) is 4.98 Å². The van der Waals surface area contributed by atoms with E-state index in [0.29, 0.717) is 44.7 Å². The maximum Gasteiger partial charge on any atom is 0.243 e. The van der Waals surface area contributed by atoms with E-state index in [1.54, 1.807) is 42.6 Å². The molecule has 3 N–H and O–H groups in total. The zero-order valence-electron chi connectivity index (χ0n) is 24.3. The van der Waals surface area contributed by atoms with Crippen molar-refractivity contribution in [3.8, 4) is 5.75 Å². The van der Waals surface area contributed by atoms with Crippen molar-refractivity contribution < 1.29 is 36.5 Å². The number of benzene rings is 2. The van der Waals surface area contributed by atoms with Crippen LogP contribution in [0.1, 0.15) is 33.1 Å². The van der Waals surface area contributed by atoms with E-state index in [-0.39, 0.29) is 29.0 Å². The van der Waals surface area contributed by atoms with Gasteiger partial charge in [0.15, 0.2) is 9.84 Å². The van der Waals surface area contributed by atoms with E-state index in [4.69, 9.17) is 9.47 Å². The molecule has 2 aromatic carbocycles. The Labute approximate surface area is 252 Å². The van der Waals surface area contributed by atoms with Crippen molar-refractivity contribution in [2.45, 2.75) is 65.4 Å². The third-order valence-electron chi connectivity index (χ3n) is 8.36. The zero-order chi connectivity index (χ0) is 30.9. The van der Waals surface area contributed by atoms with E-state index in [0.717, 1.165) is 10.9 Å². The Hall–Kier alpha value is -2.65. The van der Waals surface area contributed by atoms with Gasteiger partial charge < -0.3 is 25.0 Å². The highest BCUT2D eigenvalue weighted by Gasteiger charge is 2.44. The van der Waals surface area contributed by atoms with E-state index in [1.807, 2.05) is 6.07 Å². The third kappa shape index (κ3) is 6.72. The van der Waals surface area contributed by atoms with Crippen LogP contribution in [0.4, 0.5) is 0 Å². The first-order valence-electron chi connectivity index (χ1n) is 14.3. The van der Waals surface area contributed by atoms with E-state index in [2.05, 4.69) is 10.3 Å². The number of nitrogens with one attached hydrogen (secondary N) is 1. The number of nitrogens with zero attached hydrogens (tertiary/aromatic N) is 2. The van der Waals surface area contributed by atoms with Crippen LogP contribution in [0.3, 0.4) is 0 Å². The van der Waals surface area contributed by atoms with Crippen LogP contribution in [0.5, 0.6) is 5.75 Å². The molecule has 1 spiro atoms. The number of aliphatic hydroxyl groups excluding tert-OH is 2. The summed E-state index contributed by atoms with van der Waals surface area (Å²) >= 11 is 0. The Bertz CT molecular complexity index is 1650. The molecule has 3 heterocycles. The molecule has 2 aliphatic heterocycles. The number of sulfone groups is 1. The molecule has 43 heavy (non-hydrogen) atoms. The summed E-state index contributed by atoms with van der Waals surface area (Å²) in [5.74, 6) is 0.305. The summed E-state index contributed by atoms with van der Waals surface area (Å²) in [5, 5.41) is 24.1. The number of pyridine rings is 1. The molecular formula is C30H39N3O8S2. The van der Waals surface area contributed by atoms with Gasteiger partial charge in [-0.1, -0.05) is 12.1 Å². The van der Waals surface area contributed by atoms with Crippen LogP contribution in [0, 0.1) is 0 Å². The van der Waals surface area contributed by atoms with Crippen LogP contribution in [0.15, 0.2) is 70.6 Å². The summed E-state index contributed by atoms with van der Waals surface area (Å²) < 4.78 is 64.3. The maximum absolute atomic E-state index is 13.3. The van der Waals surface area contributed by atoms with Gasteiger partial charge in [0.1, 0.15) is 18.5 Å². The van der Waals surface area contributed by atoms with E-state index in [9.17, 15) is 27.0 Å². The number of aromatic nitrogens is 1. The molecule has 0 bridgehead atoms. The van der Waals surface area contributed by atoms with Crippen molar-refractivity contribution in [3.05, 3.63) is 60.8 Å². The second kappa shape index (κ2) is 12.4. The van der Waals surface area contributed by atoms with Crippen molar-refractivity contribution >= 4 is 30.8 Å². The minimum atomic E-state index is -3.78. The highest BCUT2D eigenvalue weighted by Crippen LogP contribution is 2.37. The molecule has 1 aromatic heterocycles. The quantitative estimate of drug-likeness (QED) is 0.286. The number of hydrogen-bond donors (Lipinski definition) is 3. The molecule has 234 valence electrons. The summed E-state index contributed by atoms with van der Waals surface area (Å²) in [6, 6.07) is 14.7. The van der Waals surface area contributed by atoms with Crippen molar-refractivity contribution in [3.63, 3.8) is 0 Å². The molecule has 2 fully saturated rings. The summed E-state index contributed by atoms with van der Waals surface area (Å²) in [6.45, 7) is 3.78. The Balaban J connectivity index is 1.09. The first-order valence-corrected chi connectivity index (χ1v) is 17.3. The number of rotatable bonds is 11. The molecule has 5 rings (SSSR count). The molecule has 2 unspecified atom stereocenters. The van der Waals surface area contributed by atoms with Crippen molar-refractivity contribution in [1.82, 2.24) is 14.6 Å². The SMILES string of the molecule is CC(C)(CO)S(=O)(=O)c1cccc(OCC(O)CNC2COC3(CCN(S(=O)(=O)c4ccc5ncccc5c4)CC3)C2)c1. The fraction of sp³-hybridized carbons (Fsp3) is 0.500. The fourth-order valence-corrected chi connectivity index (χ4v) is 8.32. The lowest BCUT2D eigenvalue weighted by atomic mass is 9.88. The van der Waals surface area contributed by atoms with Gasteiger partial charge in [0, 0.05) is 37.3 Å². The third-order valence-corrected chi connectivity index (χ3v) is 12.7. The molecule has 0 aliphatic carbocycles. The summed E-state index contributed by atoms with van der Waals surface area (Å²) in [4.78, 5) is 4.56. The van der Waals surface area contributed by atoms with Gasteiger partial charge in [-0.15, -0.1) is 0 Å². The lowest BCUT2D eigenvalue weighted by Gasteiger charge is -2.38. The van der Waals surface area contributed by atoms with Crippen LogP contribution < -0.4 is 10.1 Å². The van der Waals surface area contributed by atoms with Crippen molar-refractivity contribution in [1.29, 1.82) is 0 Å². The Morgan fingerprint density at radius 1 is 1.09 bits per heavy atom. The number of sulfonamides is 1. The lowest BCUT2D eigenvalue weighted by Crippen LogP contribution is -2.47. The van der Waals surface area contributed by atoms with Gasteiger partial charge in [-0.2, -0.15) is 4.31 Å². The molecule has 0 amide bonds.